The van der Waals surface area contributed by atoms with Crippen molar-refractivity contribution >= 4 is 5.97 Å². The van der Waals surface area contributed by atoms with Gasteiger partial charge in [-0.15, -0.1) is 0 Å². The lowest BCUT2D eigenvalue weighted by Crippen LogP contribution is -2.06. The van der Waals surface area contributed by atoms with Crippen molar-refractivity contribution < 1.29 is 19.0 Å². The SMILES string of the molecule is O=C(OCc1ccccc1)c1ccc(CCCCF)cc1O. The third-order valence-electron chi connectivity index (χ3n) is 3.34. The van der Waals surface area contributed by atoms with E-state index >= 15 is 0 Å². The van der Waals surface area contributed by atoms with Gasteiger partial charge in [-0.05, 0) is 42.5 Å². The number of rotatable bonds is 7. The van der Waals surface area contributed by atoms with Crippen LogP contribution in [-0.4, -0.2) is 17.8 Å². The molecule has 0 aliphatic rings. The molecule has 0 saturated carbocycles. The van der Waals surface area contributed by atoms with Crippen LogP contribution in [0.3, 0.4) is 0 Å². The van der Waals surface area contributed by atoms with E-state index in [1.165, 1.54) is 6.07 Å². The Morgan fingerprint density at radius 3 is 2.50 bits per heavy atom. The van der Waals surface area contributed by atoms with E-state index in [2.05, 4.69) is 0 Å². The van der Waals surface area contributed by atoms with Crippen molar-refractivity contribution in [2.45, 2.75) is 25.9 Å². The Balaban J connectivity index is 1.95. The van der Waals surface area contributed by atoms with E-state index in [1.807, 2.05) is 30.3 Å². The Bertz CT molecular complexity index is 611. The molecule has 0 aliphatic carbocycles. The molecule has 0 heterocycles. The third-order valence-corrected chi connectivity index (χ3v) is 3.34. The van der Waals surface area contributed by atoms with Crippen molar-refractivity contribution in [1.29, 1.82) is 0 Å². The fourth-order valence-corrected chi connectivity index (χ4v) is 2.13. The summed E-state index contributed by atoms with van der Waals surface area (Å²) in [6.45, 7) is -0.173. The first-order chi connectivity index (χ1) is 10.7. The first-order valence-corrected chi connectivity index (χ1v) is 7.29. The summed E-state index contributed by atoms with van der Waals surface area (Å²) in [6.07, 6.45) is 1.90. The van der Waals surface area contributed by atoms with Crippen LogP contribution in [0.5, 0.6) is 5.75 Å². The molecule has 0 aromatic heterocycles. The zero-order valence-electron chi connectivity index (χ0n) is 12.3. The van der Waals surface area contributed by atoms with Gasteiger partial charge in [0.15, 0.2) is 0 Å². The molecule has 4 heteroatoms. The molecule has 0 bridgehead atoms. The first-order valence-electron chi connectivity index (χ1n) is 7.29. The molecule has 0 radical (unpaired) electrons. The molecule has 0 saturated heterocycles. The normalized spacial score (nSPS) is 10.4. The predicted molar refractivity (Wildman–Crippen MR) is 82.6 cm³/mol. The number of benzene rings is 2. The Morgan fingerprint density at radius 2 is 1.82 bits per heavy atom. The minimum atomic E-state index is -0.559. The first kappa shape index (κ1) is 16.0. The van der Waals surface area contributed by atoms with E-state index < -0.39 is 5.97 Å². The molecule has 1 N–H and O–H groups in total. The van der Waals surface area contributed by atoms with Crippen LogP contribution < -0.4 is 0 Å². The molecule has 116 valence electrons. The van der Waals surface area contributed by atoms with Crippen molar-refractivity contribution in [2.75, 3.05) is 6.67 Å². The van der Waals surface area contributed by atoms with E-state index in [0.717, 1.165) is 11.1 Å². The molecule has 0 fully saturated rings. The Kier molecular flexibility index (Phi) is 5.95. The zero-order valence-corrected chi connectivity index (χ0v) is 12.3. The second kappa shape index (κ2) is 8.17. The summed E-state index contributed by atoms with van der Waals surface area (Å²) in [5.74, 6) is -0.660. The number of esters is 1. The molecule has 2 aromatic carbocycles. The number of carbonyl (C=O) groups excluding carboxylic acids is 1. The number of phenols is 1. The molecule has 22 heavy (non-hydrogen) atoms. The van der Waals surface area contributed by atoms with Gasteiger partial charge in [-0.3, -0.25) is 4.39 Å². The maximum Gasteiger partial charge on any atom is 0.342 e. The van der Waals surface area contributed by atoms with Crippen LogP contribution in [0.1, 0.15) is 34.3 Å². The number of hydrogen-bond donors (Lipinski definition) is 1. The number of phenolic OH excluding ortho intramolecular Hbond substituents is 1. The second-order valence-corrected chi connectivity index (χ2v) is 5.06. The van der Waals surface area contributed by atoms with Crippen LogP contribution in [-0.2, 0) is 17.8 Å². The van der Waals surface area contributed by atoms with Gasteiger partial charge < -0.3 is 9.84 Å². The predicted octanol–water partition coefficient (Wildman–Crippen LogP) is 4.04. The Labute approximate surface area is 129 Å². The Hall–Kier alpha value is -2.36. The molecule has 0 unspecified atom stereocenters. The van der Waals surface area contributed by atoms with Crippen molar-refractivity contribution in [3.8, 4) is 5.75 Å². The van der Waals surface area contributed by atoms with Crippen molar-refractivity contribution in [3.63, 3.8) is 0 Å². The minimum absolute atomic E-state index is 0.101. The van der Waals surface area contributed by atoms with Gasteiger partial charge in [0, 0.05) is 0 Å². The monoisotopic (exact) mass is 302 g/mol. The summed E-state index contributed by atoms with van der Waals surface area (Å²) in [6, 6.07) is 14.2. The van der Waals surface area contributed by atoms with E-state index in [4.69, 9.17) is 4.74 Å². The van der Waals surface area contributed by atoms with E-state index in [1.54, 1.807) is 12.1 Å². The zero-order chi connectivity index (χ0) is 15.8. The number of carbonyl (C=O) groups is 1. The molecule has 0 spiro atoms. The topological polar surface area (TPSA) is 46.5 Å². The highest BCUT2D eigenvalue weighted by molar-refractivity contribution is 5.92. The number of halogens is 1. The molecule has 0 aliphatic heterocycles. The average Bonchev–Trinajstić information content (AvgIpc) is 2.54. The van der Waals surface area contributed by atoms with Gasteiger partial charge in [0.1, 0.15) is 17.9 Å². The second-order valence-electron chi connectivity index (χ2n) is 5.06. The molecule has 2 rings (SSSR count). The number of alkyl halides is 1. The maximum atomic E-state index is 12.1. The Morgan fingerprint density at radius 1 is 1.05 bits per heavy atom. The van der Waals surface area contributed by atoms with Crippen LogP contribution in [0.15, 0.2) is 48.5 Å². The lowest BCUT2D eigenvalue weighted by Gasteiger charge is -2.08. The summed E-state index contributed by atoms with van der Waals surface area (Å²) in [5, 5.41) is 9.94. The van der Waals surface area contributed by atoms with Crippen molar-refractivity contribution in [2.24, 2.45) is 0 Å². The van der Waals surface area contributed by atoms with Gasteiger partial charge in [0.25, 0.3) is 0 Å². The number of ether oxygens (including phenoxy) is 1. The molecule has 2 aromatic rings. The third kappa shape index (κ3) is 4.58. The average molecular weight is 302 g/mol. The van der Waals surface area contributed by atoms with Crippen molar-refractivity contribution in [3.05, 3.63) is 65.2 Å². The van der Waals surface area contributed by atoms with Crippen LogP contribution in [0.4, 0.5) is 4.39 Å². The summed E-state index contributed by atoms with van der Waals surface area (Å²) in [7, 11) is 0. The highest BCUT2D eigenvalue weighted by atomic mass is 19.1. The van der Waals surface area contributed by atoms with Gasteiger partial charge in [-0.25, -0.2) is 4.79 Å². The maximum absolute atomic E-state index is 12.1. The van der Waals surface area contributed by atoms with Gasteiger partial charge >= 0.3 is 5.97 Å². The largest absolute Gasteiger partial charge is 0.507 e. The minimum Gasteiger partial charge on any atom is -0.507 e. The van der Waals surface area contributed by atoms with Gasteiger partial charge in [0.2, 0.25) is 0 Å². The molecule has 3 nitrogen and oxygen atoms in total. The molecule has 0 atom stereocenters. The fourth-order valence-electron chi connectivity index (χ4n) is 2.13. The summed E-state index contributed by atoms with van der Waals surface area (Å²) >= 11 is 0. The fraction of sp³-hybridized carbons (Fsp3) is 0.278. The van der Waals surface area contributed by atoms with Crippen LogP contribution in [0.25, 0.3) is 0 Å². The van der Waals surface area contributed by atoms with Gasteiger partial charge in [-0.2, -0.15) is 0 Å². The van der Waals surface area contributed by atoms with Gasteiger partial charge in [-0.1, -0.05) is 36.4 Å². The lowest BCUT2D eigenvalue weighted by atomic mass is 10.1. The number of aryl methyl sites for hydroxylation is 1. The van der Waals surface area contributed by atoms with Crippen molar-refractivity contribution in [1.82, 2.24) is 0 Å². The quantitative estimate of drug-likeness (QED) is 0.620. The molecular weight excluding hydrogens is 283 g/mol. The van der Waals surface area contributed by atoms with Gasteiger partial charge in [0.05, 0.1) is 6.67 Å². The van der Waals surface area contributed by atoms with E-state index in [0.29, 0.717) is 19.3 Å². The van der Waals surface area contributed by atoms with Crippen LogP contribution in [0.2, 0.25) is 0 Å². The highest BCUT2D eigenvalue weighted by Gasteiger charge is 2.13. The highest BCUT2D eigenvalue weighted by Crippen LogP contribution is 2.21. The number of unbranched alkanes of at least 4 members (excludes halogenated alkanes) is 1. The smallest absolute Gasteiger partial charge is 0.342 e. The van der Waals surface area contributed by atoms with E-state index in [9.17, 15) is 14.3 Å². The van der Waals surface area contributed by atoms with E-state index in [-0.39, 0.29) is 24.6 Å². The summed E-state index contributed by atoms with van der Waals surface area (Å²) < 4.78 is 17.2. The molecule has 0 amide bonds. The number of aromatic hydroxyl groups is 1. The standard InChI is InChI=1S/C18H19FO3/c19-11-5-4-6-14-9-10-16(17(20)12-14)18(21)22-13-15-7-2-1-3-8-15/h1-3,7-10,12,20H,4-6,11,13H2. The lowest BCUT2D eigenvalue weighted by molar-refractivity contribution is 0.0469. The summed E-state index contributed by atoms with van der Waals surface area (Å²) in [4.78, 5) is 12.0. The number of hydrogen-bond acceptors (Lipinski definition) is 3. The molecular formula is C18H19FO3. The van der Waals surface area contributed by atoms with Crippen LogP contribution >= 0.6 is 0 Å². The summed E-state index contributed by atoms with van der Waals surface area (Å²) in [5.41, 5.74) is 1.91. The van der Waals surface area contributed by atoms with Crippen LogP contribution in [0, 0.1) is 0 Å².